The Kier molecular flexibility index (Phi) is 2.16. The minimum atomic E-state index is -0.308. The largest absolute Gasteiger partial charge is 0.0654 e. The first-order valence-electron chi connectivity index (χ1n) is 7.06. The SMILES string of the molecule is [2H]c1c([2H])c([2H])c(CCCCCC)c([2H])c1[2H]. The second kappa shape index (κ2) is 5.82. The highest BCUT2D eigenvalue weighted by Crippen LogP contribution is 2.06. The van der Waals surface area contributed by atoms with E-state index in [2.05, 4.69) is 6.92 Å². The zero-order valence-corrected chi connectivity index (χ0v) is 7.54. The molecule has 12 heavy (non-hydrogen) atoms. The highest BCUT2D eigenvalue weighted by molar-refractivity contribution is 5.14. The van der Waals surface area contributed by atoms with Crippen LogP contribution in [0.15, 0.2) is 30.2 Å². The molecule has 66 valence electrons. The fourth-order valence-corrected chi connectivity index (χ4v) is 1.13. The molecule has 0 heterocycles. The second-order valence-corrected chi connectivity index (χ2v) is 2.91. The molecule has 0 aliphatic rings. The second-order valence-electron chi connectivity index (χ2n) is 2.91. The molecular weight excluding hydrogens is 144 g/mol. The van der Waals surface area contributed by atoms with Gasteiger partial charge in [-0.25, -0.2) is 0 Å². The average molecular weight is 167 g/mol. The smallest absolute Gasteiger partial charge is 0.0626 e. The van der Waals surface area contributed by atoms with Crippen LogP contribution in [0.5, 0.6) is 0 Å². The summed E-state index contributed by atoms with van der Waals surface area (Å²) in [5, 5.41) is 0. The van der Waals surface area contributed by atoms with Crippen LogP contribution in [0, 0.1) is 0 Å². The van der Waals surface area contributed by atoms with Gasteiger partial charge in [-0.3, -0.25) is 0 Å². The van der Waals surface area contributed by atoms with Gasteiger partial charge in [-0.1, -0.05) is 56.4 Å². The van der Waals surface area contributed by atoms with Gasteiger partial charge in [-0.2, -0.15) is 0 Å². The van der Waals surface area contributed by atoms with Crippen LogP contribution >= 0.6 is 0 Å². The van der Waals surface area contributed by atoms with Crippen LogP contribution < -0.4 is 0 Å². The lowest BCUT2D eigenvalue weighted by Crippen LogP contribution is -1.84. The molecule has 0 atom stereocenters. The van der Waals surface area contributed by atoms with Crippen LogP contribution in [0.25, 0.3) is 0 Å². The molecule has 0 saturated heterocycles. The monoisotopic (exact) mass is 167 g/mol. The van der Waals surface area contributed by atoms with Crippen molar-refractivity contribution in [3.8, 4) is 0 Å². The first kappa shape index (κ1) is 4.45. The predicted molar refractivity (Wildman–Crippen MR) is 54.3 cm³/mol. The molecule has 0 amide bonds. The Morgan fingerprint density at radius 2 is 1.83 bits per heavy atom. The topological polar surface area (TPSA) is 0 Å². The van der Waals surface area contributed by atoms with Crippen molar-refractivity contribution in [3.05, 3.63) is 35.8 Å². The van der Waals surface area contributed by atoms with E-state index in [-0.39, 0.29) is 30.2 Å². The van der Waals surface area contributed by atoms with E-state index in [0.717, 1.165) is 25.7 Å². The molecule has 0 heteroatoms. The summed E-state index contributed by atoms with van der Waals surface area (Å²) in [6.45, 7) is 2.12. The van der Waals surface area contributed by atoms with Crippen molar-refractivity contribution in [2.24, 2.45) is 0 Å². The normalized spacial score (nSPS) is 15.9. The maximum atomic E-state index is 7.74. The molecule has 0 bridgehead atoms. The first-order chi connectivity index (χ1) is 8.00. The van der Waals surface area contributed by atoms with E-state index in [1.807, 2.05) is 0 Å². The fourth-order valence-electron chi connectivity index (χ4n) is 1.13. The summed E-state index contributed by atoms with van der Waals surface area (Å²) in [5.41, 5.74) is 0.451. The lowest BCUT2D eigenvalue weighted by Gasteiger charge is -1.99. The highest BCUT2D eigenvalue weighted by atomic mass is 14.0. The zero-order chi connectivity index (χ0) is 13.0. The molecule has 0 N–H and O–H groups in total. The lowest BCUT2D eigenvalue weighted by molar-refractivity contribution is 0.667. The molecular formula is C12H18. The molecule has 0 spiro atoms. The van der Waals surface area contributed by atoms with E-state index >= 15 is 0 Å². The Bertz CT molecular complexity index is 371. The summed E-state index contributed by atoms with van der Waals surface area (Å²) in [6.07, 6.45) is 4.73. The predicted octanol–water partition coefficient (Wildman–Crippen LogP) is 3.81. The molecule has 1 rings (SSSR count). The van der Waals surface area contributed by atoms with Gasteiger partial charge in [0.25, 0.3) is 0 Å². The third-order valence-electron chi connectivity index (χ3n) is 1.83. The molecule has 0 saturated carbocycles. The summed E-state index contributed by atoms with van der Waals surface area (Å²) in [6, 6.07) is -0.856. The number of unbranched alkanes of at least 4 members (excludes halogenated alkanes) is 3. The standard InChI is InChI=1S/C12H18/c1-2-3-4-6-9-12-10-7-5-8-11-12/h5,7-8,10-11H,2-4,6,9H2,1H3/i5D,7D,8D,10D,11D. The van der Waals surface area contributed by atoms with Crippen LogP contribution in [0.3, 0.4) is 0 Å². The minimum absolute atomic E-state index is 0.0486. The van der Waals surface area contributed by atoms with E-state index in [1.165, 1.54) is 0 Å². The molecule has 0 unspecified atom stereocenters. The van der Waals surface area contributed by atoms with E-state index in [9.17, 15) is 0 Å². The molecule has 0 aliphatic heterocycles. The van der Waals surface area contributed by atoms with Gasteiger partial charge < -0.3 is 0 Å². The Labute approximate surface area is 82.6 Å². The summed E-state index contributed by atoms with van der Waals surface area (Å²) < 4.78 is 38.1. The number of rotatable bonds is 5. The van der Waals surface area contributed by atoms with Crippen molar-refractivity contribution in [2.45, 2.75) is 39.0 Å². The molecule has 0 aromatic heterocycles. The third-order valence-corrected chi connectivity index (χ3v) is 1.83. The van der Waals surface area contributed by atoms with Crippen LogP contribution in [-0.2, 0) is 6.42 Å². The van der Waals surface area contributed by atoms with E-state index in [4.69, 9.17) is 6.85 Å². The van der Waals surface area contributed by atoms with Crippen molar-refractivity contribution >= 4 is 0 Å². The van der Waals surface area contributed by atoms with E-state index in [1.54, 1.807) is 0 Å². The molecule has 1 aromatic carbocycles. The average Bonchev–Trinajstić information content (AvgIpc) is 2.33. The number of hydrogen-bond donors (Lipinski definition) is 0. The van der Waals surface area contributed by atoms with Crippen LogP contribution in [-0.4, -0.2) is 0 Å². The quantitative estimate of drug-likeness (QED) is 0.585. The summed E-state index contributed by atoms with van der Waals surface area (Å²) >= 11 is 0. The van der Waals surface area contributed by atoms with Gasteiger partial charge in [-0.15, -0.1) is 0 Å². The third kappa shape index (κ3) is 3.56. The fraction of sp³-hybridized carbons (Fsp3) is 0.500. The maximum Gasteiger partial charge on any atom is 0.0626 e. The molecule has 0 fully saturated rings. The maximum absolute atomic E-state index is 7.74. The minimum Gasteiger partial charge on any atom is -0.0654 e. The van der Waals surface area contributed by atoms with Crippen molar-refractivity contribution in [1.29, 1.82) is 0 Å². The molecule has 0 nitrogen and oxygen atoms in total. The van der Waals surface area contributed by atoms with E-state index in [0.29, 0.717) is 12.0 Å². The van der Waals surface area contributed by atoms with E-state index < -0.39 is 0 Å². The van der Waals surface area contributed by atoms with Crippen LogP contribution in [0.2, 0.25) is 0 Å². The van der Waals surface area contributed by atoms with Crippen molar-refractivity contribution in [2.75, 3.05) is 0 Å². The molecule has 0 aliphatic carbocycles. The van der Waals surface area contributed by atoms with Crippen molar-refractivity contribution in [1.82, 2.24) is 0 Å². The van der Waals surface area contributed by atoms with Gasteiger partial charge in [0.1, 0.15) is 0 Å². The Balaban J connectivity index is 2.92. The first-order valence-corrected chi connectivity index (χ1v) is 4.56. The van der Waals surface area contributed by atoms with Crippen LogP contribution in [0.1, 0.15) is 45.0 Å². The van der Waals surface area contributed by atoms with Gasteiger partial charge in [0.15, 0.2) is 0 Å². The van der Waals surface area contributed by atoms with Gasteiger partial charge in [0, 0.05) is 0 Å². The lowest BCUT2D eigenvalue weighted by atomic mass is 10.1. The van der Waals surface area contributed by atoms with Gasteiger partial charge in [0.2, 0.25) is 0 Å². The molecule has 0 radical (unpaired) electrons. The summed E-state index contributed by atoms with van der Waals surface area (Å²) in [4.78, 5) is 0. The van der Waals surface area contributed by atoms with Crippen molar-refractivity contribution < 1.29 is 6.85 Å². The number of benzene rings is 1. The highest BCUT2D eigenvalue weighted by Gasteiger charge is 1.90. The van der Waals surface area contributed by atoms with Gasteiger partial charge >= 0.3 is 0 Å². The summed E-state index contributed by atoms with van der Waals surface area (Å²) in [7, 11) is 0. The van der Waals surface area contributed by atoms with Gasteiger partial charge in [0.05, 0.1) is 6.85 Å². The number of hydrogen-bond acceptors (Lipinski definition) is 0. The van der Waals surface area contributed by atoms with Crippen molar-refractivity contribution in [3.63, 3.8) is 0 Å². The Hall–Kier alpha value is -0.780. The van der Waals surface area contributed by atoms with Gasteiger partial charge in [-0.05, 0) is 18.4 Å². The Morgan fingerprint density at radius 1 is 1.08 bits per heavy atom. The summed E-state index contributed by atoms with van der Waals surface area (Å²) in [5.74, 6) is 0. The Morgan fingerprint density at radius 3 is 2.50 bits per heavy atom. The zero-order valence-electron chi connectivity index (χ0n) is 12.5. The molecule has 1 aromatic rings. The van der Waals surface area contributed by atoms with Crippen LogP contribution in [0.4, 0.5) is 0 Å².